The molecule has 0 aromatic heterocycles. The van der Waals surface area contributed by atoms with E-state index in [-0.39, 0.29) is 17.1 Å². The SMILES string of the molecule is CCc1ccc(N(C)C(=O)C(C)=C(C)C(=O)O)cc1. The molecular formula is C15H19NO3. The van der Waals surface area contributed by atoms with Crippen LogP contribution in [0.4, 0.5) is 5.69 Å². The first-order valence-electron chi connectivity index (χ1n) is 6.16. The summed E-state index contributed by atoms with van der Waals surface area (Å²) in [6.07, 6.45) is 0.939. The molecule has 1 N–H and O–H groups in total. The molecule has 0 bridgehead atoms. The van der Waals surface area contributed by atoms with Crippen LogP contribution in [0.2, 0.25) is 0 Å². The number of likely N-dealkylation sites (N-methyl/N-ethyl adjacent to an activating group) is 1. The molecule has 0 atom stereocenters. The van der Waals surface area contributed by atoms with Crippen molar-refractivity contribution >= 4 is 17.6 Å². The molecule has 0 aliphatic carbocycles. The molecule has 0 radical (unpaired) electrons. The second-order valence-electron chi connectivity index (χ2n) is 4.44. The number of rotatable bonds is 4. The molecule has 0 saturated heterocycles. The molecule has 1 rings (SSSR count). The van der Waals surface area contributed by atoms with Crippen molar-refractivity contribution in [2.45, 2.75) is 27.2 Å². The van der Waals surface area contributed by atoms with Crippen LogP contribution in [0.5, 0.6) is 0 Å². The lowest BCUT2D eigenvalue weighted by Gasteiger charge is -2.18. The summed E-state index contributed by atoms with van der Waals surface area (Å²) in [6, 6.07) is 7.64. The molecule has 1 aromatic carbocycles. The van der Waals surface area contributed by atoms with Gasteiger partial charge >= 0.3 is 5.97 Å². The highest BCUT2D eigenvalue weighted by atomic mass is 16.4. The number of aliphatic carboxylic acids is 1. The normalized spacial score (nSPS) is 11.8. The van der Waals surface area contributed by atoms with Gasteiger partial charge in [0.2, 0.25) is 0 Å². The fourth-order valence-electron chi connectivity index (χ4n) is 1.64. The second kappa shape index (κ2) is 6.18. The molecule has 0 aliphatic rings. The van der Waals surface area contributed by atoms with Gasteiger partial charge in [0.05, 0.1) is 0 Å². The highest BCUT2D eigenvalue weighted by Crippen LogP contribution is 2.17. The Morgan fingerprint density at radius 3 is 2.05 bits per heavy atom. The number of carbonyl (C=O) groups excluding carboxylic acids is 1. The van der Waals surface area contributed by atoms with Gasteiger partial charge in [-0.15, -0.1) is 0 Å². The van der Waals surface area contributed by atoms with Crippen molar-refractivity contribution in [1.29, 1.82) is 0 Å². The Morgan fingerprint density at radius 2 is 1.63 bits per heavy atom. The van der Waals surface area contributed by atoms with Gasteiger partial charge in [0.25, 0.3) is 5.91 Å². The minimum absolute atomic E-state index is 0.0713. The Kier molecular flexibility index (Phi) is 4.87. The highest BCUT2D eigenvalue weighted by Gasteiger charge is 2.17. The minimum atomic E-state index is -1.07. The van der Waals surface area contributed by atoms with E-state index in [1.807, 2.05) is 24.3 Å². The molecule has 0 fully saturated rings. The number of nitrogens with zero attached hydrogens (tertiary/aromatic N) is 1. The van der Waals surface area contributed by atoms with Crippen molar-refractivity contribution in [3.05, 3.63) is 41.0 Å². The summed E-state index contributed by atoms with van der Waals surface area (Å²) >= 11 is 0. The maximum absolute atomic E-state index is 12.1. The fourth-order valence-corrected chi connectivity index (χ4v) is 1.64. The predicted octanol–water partition coefficient (Wildman–Crippen LogP) is 2.63. The van der Waals surface area contributed by atoms with E-state index in [0.29, 0.717) is 0 Å². The lowest BCUT2D eigenvalue weighted by atomic mass is 10.1. The lowest BCUT2D eigenvalue weighted by Crippen LogP contribution is -2.28. The summed E-state index contributed by atoms with van der Waals surface area (Å²) in [4.78, 5) is 24.5. The Labute approximate surface area is 113 Å². The quantitative estimate of drug-likeness (QED) is 0.848. The van der Waals surface area contributed by atoms with E-state index in [4.69, 9.17) is 5.11 Å². The topological polar surface area (TPSA) is 57.6 Å². The van der Waals surface area contributed by atoms with Crippen LogP contribution < -0.4 is 4.90 Å². The number of benzene rings is 1. The van der Waals surface area contributed by atoms with Crippen LogP contribution in [0.25, 0.3) is 0 Å². The first-order valence-corrected chi connectivity index (χ1v) is 6.16. The molecule has 19 heavy (non-hydrogen) atoms. The molecule has 1 amide bonds. The maximum Gasteiger partial charge on any atom is 0.331 e. The zero-order valence-corrected chi connectivity index (χ0v) is 11.7. The van der Waals surface area contributed by atoms with E-state index in [2.05, 4.69) is 6.92 Å². The highest BCUT2D eigenvalue weighted by molar-refractivity contribution is 6.09. The molecule has 4 nitrogen and oxygen atoms in total. The van der Waals surface area contributed by atoms with Crippen molar-refractivity contribution in [3.63, 3.8) is 0 Å². The predicted molar refractivity (Wildman–Crippen MR) is 75.2 cm³/mol. The van der Waals surface area contributed by atoms with Crippen LogP contribution in [-0.4, -0.2) is 24.0 Å². The van der Waals surface area contributed by atoms with Crippen LogP contribution in [0.15, 0.2) is 35.4 Å². The van der Waals surface area contributed by atoms with E-state index in [9.17, 15) is 9.59 Å². The van der Waals surface area contributed by atoms with Gasteiger partial charge in [0, 0.05) is 23.9 Å². The van der Waals surface area contributed by atoms with Gasteiger partial charge in [-0.05, 0) is 38.0 Å². The zero-order chi connectivity index (χ0) is 14.6. The summed E-state index contributed by atoms with van der Waals surface area (Å²) in [7, 11) is 1.64. The third kappa shape index (κ3) is 3.44. The number of carboxylic acids is 1. The average molecular weight is 261 g/mol. The number of carboxylic acid groups (broad SMARTS) is 1. The summed E-state index contributed by atoms with van der Waals surface area (Å²) in [5, 5.41) is 8.89. The van der Waals surface area contributed by atoms with Crippen LogP contribution in [-0.2, 0) is 16.0 Å². The van der Waals surface area contributed by atoms with Gasteiger partial charge in [0.15, 0.2) is 0 Å². The van der Waals surface area contributed by atoms with Gasteiger partial charge in [-0.1, -0.05) is 19.1 Å². The van der Waals surface area contributed by atoms with E-state index < -0.39 is 5.97 Å². The fraction of sp³-hybridized carbons (Fsp3) is 0.333. The van der Waals surface area contributed by atoms with Gasteiger partial charge in [-0.3, -0.25) is 4.79 Å². The number of anilines is 1. The van der Waals surface area contributed by atoms with Crippen molar-refractivity contribution in [3.8, 4) is 0 Å². The zero-order valence-electron chi connectivity index (χ0n) is 11.7. The van der Waals surface area contributed by atoms with E-state index >= 15 is 0 Å². The molecule has 0 spiro atoms. The molecule has 0 saturated carbocycles. The third-order valence-electron chi connectivity index (χ3n) is 3.24. The molecule has 0 heterocycles. The van der Waals surface area contributed by atoms with Gasteiger partial charge in [-0.25, -0.2) is 4.79 Å². The van der Waals surface area contributed by atoms with Gasteiger partial charge in [0.1, 0.15) is 0 Å². The number of hydrogen-bond acceptors (Lipinski definition) is 2. The monoisotopic (exact) mass is 261 g/mol. The Bertz CT molecular complexity index is 515. The number of aryl methyl sites for hydroxylation is 1. The maximum atomic E-state index is 12.1. The molecule has 0 aliphatic heterocycles. The van der Waals surface area contributed by atoms with Crippen molar-refractivity contribution in [1.82, 2.24) is 0 Å². The van der Waals surface area contributed by atoms with Crippen molar-refractivity contribution < 1.29 is 14.7 Å². The first kappa shape index (κ1) is 15.0. The minimum Gasteiger partial charge on any atom is -0.478 e. The Morgan fingerprint density at radius 1 is 1.11 bits per heavy atom. The molecule has 4 heteroatoms. The standard InChI is InChI=1S/C15H19NO3/c1-5-12-6-8-13(9-7-12)16(4)14(17)10(2)11(3)15(18)19/h6-9H,5H2,1-4H3,(H,18,19). The second-order valence-corrected chi connectivity index (χ2v) is 4.44. The number of hydrogen-bond donors (Lipinski definition) is 1. The lowest BCUT2D eigenvalue weighted by molar-refractivity contribution is -0.133. The average Bonchev–Trinajstić information content (AvgIpc) is 2.44. The van der Waals surface area contributed by atoms with Crippen LogP contribution in [0, 0.1) is 0 Å². The molecular weight excluding hydrogens is 242 g/mol. The summed E-state index contributed by atoms with van der Waals surface area (Å²) in [5.74, 6) is -1.37. The van der Waals surface area contributed by atoms with E-state index in [1.54, 1.807) is 7.05 Å². The van der Waals surface area contributed by atoms with Crippen molar-refractivity contribution in [2.75, 3.05) is 11.9 Å². The van der Waals surface area contributed by atoms with Gasteiger partial charge < -0.3 is 10.0 Å². The summed E-state index contributed by atoms with van der Waals surface area (Å²) in [6.45, 7) is 5.03. The molecule has 0 unspecified atom stereocenters. The largest absolute Gasteiger partial charge is 0.478 e. The Hall–Kier alpha value is -2.10. The first-order chi connectivity index (χ1) is 8.88. The number of amides is 1. The third-order valence-corrected chi connectivity index (χ3v) is 3.24. The molecule has 1 aromatic rings. The van der Waals surface area contributed by atoms with E-state index in [0.717, 1.165) is 12.1 Å². The summed E-state index contributed by atoms with van der Waals surface area (Å²) in [5.41, 5.74) is 2.26. The van der Waals surface area contributed by atoms with Crippen LogP contribution in [0.3, 0.4) is 0 Å². The van der Waals surface area contributed by atoms with Crippen LogP contribution in [0.1, 0.15) is 26.3 Å². The Balaban J connectivity index is 2.99. The smallest absolute Gasteiger partial charge is 0.331 e. The number of carbonyl (C=O) groups is 2. The van der Waals surface area contributed by atoms with E-state index in [1.165, 1.54) is 24.3 Å². The summed E-state index contributed by atoms with van der Waals surface area (Å²) < 4.78 is 0. The molecule has 102 valence electrons. The van der Waals surface area contributed by atoms with Crippen LogP contribution >= 0.6 is 0 Å². The van der Waals surface area contributed by atoms with Crippen molar-refractivity contribution in [2.24, 2.45) is 0 Å². The van der Waals surface area contributed by atoms with Gasteiger partial charge in [-0.2, -0.15) is 0 Å².